The van der Waals surface area contributed by atoms with Gasteiger partial charge in [-0.05, 0) is 156 Å². The molecule has 37 heteroatoms. The lowest BCUT2D eigenvalue weighted by Crippen LogP contribution is -2.45. The Balaban J connectivity index is 0.000000132. The number of H-pyrrole nitrogens is 5. The maximum atomic E-state index is 12.2. The Kier molecular flexibility index (Phi) is 35.3. The molecule has 5 atom stereocenters. The van der Waals surface area contributed by atoms with Crippen molar-refractivity contribution in [2.24, 2.45) is 0 Å². The molecule has 15 aromatic rings. The SMILES string of the molecule is C#CCC(=O)N1CCC[C@@H](Nc2c(-c3ccn(CCO)n3)cnc3[nH]ccc23)C1.C#CCC(=O)N1CCC[C@@H](Nc2c(-c3nccc(C)n3)cnc3[nH]ccc23)C1.CCC(=O)N1CCC[C@@H](Nc2c(-c3cccc(S(C)(=O)=O)c3)cnc3[nH]ccc23)C1.CCC(=O)c1ccnc(-c2cnc3[nH]ccc3c2N[C@@H]2CCCN(C(=O)CC)C2)c1.CCCCOc1cccc(-c2cnc3[nH]ccc3c2N[C@@H]2CCCN(C(=O)CC)C2)n1. The van der Waals surface area contributed by atoms with E-state index in [9.17, 15) is 37.2 Å². The number of piperidine rings is 5. The van der Waals surface area contributed by atoms with Crippen molar-refractivity contribution in [2.45, 2.75) is 199 Å². The number of nitrogens with zero attached hydrogens (tertiary/aromatic N) is 16. The summed E-state index contributed by atoms with van der Waals surface area (Å²) in [5.74, 6) is 6.83. The number of hydrogen-bond donors (Lipinski definition) is 11. The van der Waals surface area contributed by atoms with E-state index in [4.69, 9.17) is 27.7 Å². The van der Waals surface area contributed by atoms with Gasteiger partial charge < -0.3 is 85.8 Å². The fourth-order valence-electron chi connectivity index (χ4n) is 19.6. The number of rotatable bonds is 29. The number of aliphatic hydroxyl groups is 1. The second-order valence-electron chi connectivity index (χ2n) is 37.7. The molecule has 36 nitrogen and oxygen atoms in total. The third-order valence-corrected chi connectivity index (χ3v) is 28.4. The van der Waals surface area contributed by atoms with Gasteiger partial charge >= 0.3 is 0 Å². The van der Waals surface area contributed by atoms with Crippen molar-refractivity contribution < 1.29 is 47.0 Å². The molecule has 1 aromatic carbocycles. The molecule has 5 saturated heterocycles. The van der Waals surface area contributed by atoms with Gasteiger partial charge in [-0.15, -0.1) is 12.8 Å². The van der Waals surface area contributed by atoms with Crippen LogP contribution in [0.3, 0.4) is 0 Å². The third-order valence-electron chi connectivity index (χ3n) is 27.2. The first-order chi connectivity index (χ1) is 72.0. The predicted molar refractivity (Wildman–Crippen MR) is 578 cm³/mol. The number of terminal acetylenes is 2. The van der Waals surface area contributed by atoms with Crippen molar-refractivity contribution in [1.29, 1.82) is 0 Å². The van der Waals surface area contributed by atoms with E-state index >= 15 is 0 Å². The average molecular weight is 2020 g/mol. The van der Waals surface area contributed by atoms with E-state index < -0.39 is 9.84 Å². The average Bonchev–Trinajstić information content (AvgIpc) is 1.47. The van der Waals surface area contributed by atoms with Crippen LogP contribution in [0.2, 0.25) is 0 Å². The fourth-order valence-corrected chi connectivity index (χ4v) is 20.3. The van der Waals surface area contributed by atoms with E-state index in [1.807, 2.05) is 175 Å². The van der Waals surface area contributed by atoms with Gasteiger partial charge in [0, 0.05) is 275 Å². The van der Waals surface area contributed by atoms with Crippen molar-refractivity contribution in [1.82, 2.24) is 104 Å². The summed E-state index contributed by atoms with van der Waals surface area (Å²) in [5, 5.41) is 36.9. The highest BCUT2D eigenvalue weighted by atomic mass is 32.2. The van der Waals surface area contributed by atoms with Crippen LogP contribution < -0.4 is 31.3 Å². The van der Waals surface area contributed by atoms with Gasteiger partial charge in [0.05, 0.1) is 88.6 Å². The Hall–Kier alpha value is -15.9. The molecule has 0 spiro atoms. The summed E-state index contributed by atoms with van der Waals surface area (Å²) in [5.41, 5.74) is 17.7. The van der Waals surface area contributed by atoms with Gasteiger partial charge in [0.1, 0.15) is 28.2 Å². The van der Waals surface area contributed by atoms with Crippen LogP contribution >= 0.6 is 0 Å². The van der Waals surface area contributed by atoms with Crippen LogP contribution in [0.4, 0.5) is 28.4 Å². The van der Waals surface area contributed by atoms with Crippen LogP contribution in [-0.2, 0) is 40.4 Å². The summed E-state index contributed by atoms with van der Waals surface area (Å²) in [6, 6.07) is 30.8. The van der Waals surface area contributed by atoms with Crippen LogP contribution in [-0.4, -0.2) is 268 Å². The molecular weight excluding hydrogens is 1890 g/mol. The number of ether oxygens (including phenoxy) is 1. The van der Waals surface area contributed by atoms with Crippen molar-refractivity contribution in [2.75, 3.05) is 112 Å². The first-order valence-electron chi connectivity index (χ1n) is 51.2. The van der Waals surface area contributed by atoms with Gasteiger partial charge in [0.25, 0.3) is 0 Å². The van der Waals surface area contributed by atoms with E-state index in [0.29, 0.717) is 94.5 Å². The van der Waals surface area contributed by atoms with E-state index in [2.05, 4.69) is 115 Å². The molecule has 148 heavy (non-hydrogen) atoms. The lowest BCUT2D eigenvalue weighted by Gasteiger charge is -2.34. The zero-order chi connectivity index (χ0) is 104. The number of aliphatic hydroxyl groups excluding tert-OH is 1. The van der Waals surface area contributed by atoms with Crippen LogP contribution in [0, 0.1) is 31.6 Å². The van der Waals surface area contributed by atoms with Crippen molar-refractivity contribution >= 4 is 129 Å². The van der Waals surface area contributed by atoms with E-state index in [1.54, 1.807) is 66.1 Å². The molecule has 0 unspecified atom stereocenters. The number of aromatic nitrogens is 16. The molecule has 5 fully saturated rings. The van der Waals surface area contributed by atoms with Crippen LogP contribution in [0.1, 0.15) is 166 Å². The Morgan fingerprint density at radius 1 is 0.446 bits per heavy atom. The lowest BCUT2D eigenvalue weighted by atomic mass is 10.0. The van der Waals surface area contributed by atoms with E-state index in [-0.39, 0.29) is 89.9 Å². The van der Waals surface area contributed by atoms with Crippen molar-refractivity contribution in [3.05, 3.63) is 189 Å². The van der Waals surface area contributed by atoms with Gasteiger partial charge in [0.2, 0.25) is 35.4 Å². The number of carbonyl (C=O) groups excluding carboxylic acids is 6. The Labute approximate surface area is 860 Å². The number of aromatic amines is 5. The number of likely N-dealkylation sites (tertiary alicyclic amines) is 5. The zero-order valence-corrected chi connectivity index (χ0v) is 85.7. The van der Waals surface area contributed by atoms with Gasteiger partial charge in [0.15, 0.2) is 21.4 Å². The number of unbranched alkanes of at least 4 members (excludes halogenated alkanes) is 1. The number of ketones is 1. The smallest absolute Gasteiger partial charge is 0.234 e. The number of anilines is 5. The summed E-state index contributed by atoms with van der Waals surface area (Å²) in [6.45, 7) is 20.0. The van der Waals surface area contributed by atoms with Crippen molar-refractivity contribution in [3.8, 4) is 86.9 Å². The molecular formula is C111H130N26O10S. The number of sulfone groups is 1. The molecule has 20 rings (SSSR count). The molecule has 0 aliphatic carbocycles. The summed E-state index contributed by atoms with van der Waals surface area (Å²) >= 11 is 0. The third kappa shape index (κ3) is 25.8. The highest BCUT2D eigenvalue weighted by molar-refractivity contribution is 7.90. The second-order valence-corrected chi connectivity index (χ2v) is 39.7. The van der Waals surface area contributed by atoms with Gasteiger partial charge in [-0.3, -0.25) is 38.4 Å². The molecule has 770 valence electrons. The summed E-state index contributed by atoms with van der Waals surface area (Å²) < 4.78 is 31.6. The minimum Gasteiger partial charge on any atom is -0.478 e. The quantitative estimate of drug-likeness (QED) is 0.0118. The maximum absolute atomic E-state index is 12.2. The molecule has 5 amide bonds. The summed E-state index contributed by atoms with van der Waals surface area (Å²) in [4.78, 5) is 140. The largest absolute Gasteiger partial charge is 0.478 e. The number of nitrogens with one attached hydrogen (secondary N) is 10. The summed E-state index contributed by atoms with van der Waals surface area (Å²) in [6.07, 6.45) is 49.5. The lowest BCUT2D eigenvalue weighted by molar-refractivity contribution is -0.132. The highest BCUT2D eigenvalue weighted by Gasteiger charge is 2.33. The Morgan fingerprint density at radius 2 is 0.845 bits per heavy atom. The van der Waals surface area contributed by atoms with Crippen LogP contribution in [0.15, 0.2) is 183 Å². The molecule has 14 aromatic heterocycles. The fraction of sp³-hybridized carbons (Fsp3) is 0.387. The number of aryl methyl sites for hydroxylation is 1. The number of Topliss-reactive ketones (excluding diaryl/α,β-unsaturated/α-hetero) is 1. The van der Waals surface area contributed by atoms with Crippen LogP contribution in [0.5, 0.6) is 5.88 Å². The first-order valence-corrected chi connectivity index (χ1v) is 53.1. The number of hydrogen-bond acceptors (Lipinski definition) is 25. The van der Waals surface area contributed by atoms with E-state index in [0.717, 1.165) is 244 Å². The number of pyridine rings is 7. The predicted octanol–water partition coefficient (Wildman–Crippen LogP) is 16.7. The molecule has 5 aliphatic rings. The minimum absolute atomic E-state index is 0.00323. The number of carbonyl (C=O) groups is 6. The summed E-state index contributed by atoms with van der Waals surface area (Å²) in [7, 11) is -3.32. The Morgan fingerprint density at radius 3 is 1.26 bits per heavy atom. The topological polar surface area (TPSA) is 455 Å². The number of benzene rings is 1. The molecule has 19 heterocycles. The van der Waals surface area contributed by atoms with E-state index in [1.165, 1.54) is 6.26 Å². The minimum atomic E-state index is -3.32. The molecule has 0 radical (unpaired) electrons. The van der Waals surface area contributed by atoms with Gasteiger partial charge in [-0.1, -0.05) is 71.1 Å². The number of fused-ring (bicyclic) bond motifs is 5. The molecule has 5 aliphatic heterocycles. The zero-order valence-electron chi connectivity index (χ0n) is 84.9. The molecule has 0 bridgehead atoms. The highest BCUT2D eigenvalue weighted by Crippen LogP contribution is 2.42. The molecule has 0 saturated carbocycles. The monoisotopic (exact) mass is 2020 g/mol. The van der Waals surface area contributed by atoms with Gasteiger partial charge in [-0.2, -0.15) is 5.10 Å². The first kappa shape index (κ1) is 105. The second kappa shape index (κ2) is 49.8. The molecule has 11 N–H and O–H groups in total. The normalized spacial score (nSPS) is 16.7. The Bertz CT molecular complexity index is 7390. The maximum Gasteiger partial charge on any atom is 0.234 e. The van der Waals surface area contributed by atoms with Gasteiger partial charge in [-0.25, -0.2) is 48.3 Å². The number of amides is 5. The standard InChI is InChI=1S/C24H31N5O2.C23H27N5O2.C22H26N4O3S.C21H24N6O2.C21H22N6O/c1-3-5-14-31-21-10-6-9-20(28-21)19-15-26-24-18(11-12-25-24)23(19)27-17-8-7-13-29(16-17)22(30)4-2;1-3-20(29)15-7-9-24-19(12-15)18-13-26-23-17(8-10-25-23)22(18)27-16-6-5-11-28(14-16)21(30)4-2;1-3-20(27)26-11-5-7-16(14-26)25-21-18-9-10-23-22(18)24-13-19(21)15-6-4-8-17(12-15)30(2,28)29;1-2-4-19(29)26-9-3-5-15(14-26)24-20-16-6-8-22-21(16)23-13-17(20)18-7-10-27(25-18)11-12-28;1-3-5-18(28)27-11-4-6-15(13-27)26-19-16-8-10-22-20(16)24-12-17(19)21-23-9-7-14(2)25-21/h6,9-12,15,17H,3-5,7-8,13-14,16H2,1-2H3,(H2,25,26,27);7-10,12-13,16H,3-6,11,14H2,1-2H3,(H2,25,26,27);4,6,8-10,12-13,16H,3,5,7,11,14H2,1-2H3,(H2,23,24,25);1,6-8,10,13,15,28H,3-5,9,11-12,14H2,(H2,22,23,24);1,7-10,12,15H,4-6,11,13H2,2H3,(H2,22,24,26)/t17-;2*16-;2*15-/m11111/s1. The van der Waals surface area contributed by atoms with Crippen LogP contribution in [0.25, 0.3) is 111 Å². The van der Waals surface area contributed by atoms with Crippen molar-refractivity contribution in [3.63, 3.8) is 0 Å².